The van der Waals surface area contributed by atoms with Gasteiger partial charge in [0.25, 0.3) is 0 Å². The van der Waals surface area contributed by atoms with Crippen LogP contribution in [-0.2, 0) is 6.42 Å². The second kappa shape index (κ2) is 10.4. The third-order valence-electron chi connectivity index (χ3n) is 10.7. The summed E-state index contributed by atoms with van der Waals surface area (Å²) in [7, 11) is 0. The van der Waals surface area contributed by atoms with Gasteiger partial charge in [0.1, 0.15) is 0 Å². The largest absolute Gasteiger partial charge is 0.260 e. The zero-order valence-corrected chi connectivity index (χ0v) is 27.1. The number of hydrogen-bond acceptors (Lipinski definition) is 1. The maximum atomic E-state index is 4.67. The molecule has 1 nitrogen and oxygen atoms in total. The first-order chi connectivity index (χ1) is 23.6. The van der Waals surface area contributed by atoms with Gasteiger partial charge >= 0.3 is 0 Å². The van der Waals surface area contributed by atoms with Crippen molar-refractivity contribution in [1.29, 1.82) is 0 Å². The maximum Gasteiger partial charge on any atom is 0.0525 e. The number of aromatic nitrogens is 1. The average molecular weight is 612 g/mol. The third-order valence-corrected chi connectivity index (χ3v) is 10.7. The summed E-state index contributed by atoms with van der Waals surface area (Å²) in [6.07, 6.45) is 2.82. The fourth-order valence-electron chi connectivity index (χ4n) is 8.49. The molecule has 1 atom stereocenters. The molecule has 10 rings (SSSR count). The van der Waals surface area contributed by atoms with E-state index in [1.54, 1.807) is 0 Å². The van der Waals surface area contributed by atoms with Crippen LogP contribution in [0.1, 0.15) is 45.0 Å². The fraction of sp³-hybridized carbons (Fsp3) is 0.0851. The van der Waals surface area contributed by atoms with Gasteiger partial charge in [-0.15, -0.1) is 0 Å². The summed E-state index contributed by atoms with van der Waals surface area (Å²) in [5, 5.41) is 5.24. The van der Waals surface area contributed by atoms with E-state index in [4.69, 9.17) is 0 Å². The second-order valence-electron chi connectivity index (χ2n) is 13.7. The van der Waals surface area contributed by atoms with Crippen LogP contribution in [-0.4, -0.2) is 4.98 Å². The Balaban J connectivity index is 1.15. The van der Waals surface area contributed by atoms with Crippen molar-refractivity contribution in [2.24, 2.45) is 0 Å². The van der Waals surface area contributed by atoms with Gasteiger partial charge in [0, 0.05) is 24.1 Å². The van der Waals surface area contributed by atoms with E-state index in [1.807, 2.05) is 6.20 Å². The molecule has 0 radical (unpaired) electrons. The Kier molecular flexibility index (Phi) is 5.90. The Hall–Kier alpha value is -5.79. The summed E-state index contributed by atoms with van der Waals surface area (Å²) in [5.41, 5.74) is 19.6. The van der Waals surface area contributed by atoms with Crippen molar-refractivity contribution in [2.75, 3.05) is 0 Å². The summed E-state index contributed by atoms with van der Waals surface area (Å²) >= 11 is 0. The van der Waals surface area contributed by atoms with Gasteiger partial charge < -0.3 is 0 Å². The number of nitrogens with zero attached hydrogens (tertiary/aromatic N) is 1. The van der Waals surface area contributed by atoms with Crippen LogP contribution in [0.15, 0.2) is 146 Å². The van der Waals surface area contributed by atoms with Gasteiger partial charge in [0.2, 0.25) is 0 Å². The predicted octanol–water partition coefficient (Wildman–Crippen LogP) is 12.1. The molecule has 0 saturated heterocycles. The number of aryl methyl sites for hydroxylation is 2. The van der Waals surface area contributed by atoms with Gasteiger partial charge in [0.15, 0.2) is 0 Å². The molecule has 0 spiro atoms. The van der Waals surface area contributed by atoms with Gasteiger partial charge in [-0.25, -0.2) is 0 Å². The summed E-state index contributed by atoms with van der Waals surface area (Å²) in [6.45, 7) is 4.37. The molecule has 0 amide bonds. The van der Waals surface area contributed by atoms with Gasteiger partial charge in [0.05, 0.1) is 5.69 Å². The van der Waals surface area contributed by atoms with Crippen LogP contribution in [0, 0.1) is 13.8 Å². The molecule has 7 aromatic carbocycles. The van der Waals surface area contributed by atoms with Crippen LogP contribution in [0.5, 0.6) is 0 Å². The van der Waals surface area contributed by atoms with Crippen molar-refractivity contribution in [3.05, 3.63) is 185 Å². The minimum atomic E-state index is 0.155. The van der Waals surface area contributed by atoms with Crippen molar-refractivity contribution in [3.63, 3.8) is 0 Å². The molecular weight excluding hydrogens is 579 g/mol. The Morgan fingerprint density at radius 1 is 0.458 bits per heavy atom. The molecule has 48 heavy (non-hydrogen) atoms. The van der Waals surface area contributed by atoms with E-state index < -0.39 is 0 Å². The average Bonchev–Trinajstić information content (AvgIpc) is 3.66. The van der Waals surface area contributed by atoms with E-state index in [1.165, 1.54) is 105 Å². The highest BCUT2D eigenvalue weighted by atomic mass is 14.7. The minimum Gasteiger partial charge on any atom is -0.260 e. The molecule has 0 aliphatic heterocycles. The molecule has 2 aliphatic rings. The predicted molar refractivity (Wildman–Crippen MR) is 201 cm³/mol. The number of benzene rings is 7. The summed E-state index contributed by atoms with van der Waals surface area (Å²) in [6, 6.07) is 52.7. The Labute approximate surface area is 281 Å². The van der Waals surface area contributed by atoms with Crippen molar-refractivity contribution >= 4 is 21.5 Å². The topological polar surface area (TPSA) is 12.9 Å². The standard InChI is InChI=1S/C47H33N/c1-28-13-15-31-25-42(36-19-14-29(2)23-44(36)41(31)22-28)32-18-20-40-45(26-32)35-9-4-6-11-39(35)47(40)38-10-5-3-8-34(38)30-16-17-33-27-46-37(43(33)24-30)12-7-21-48-46/h3-26,47H,27H2,1-2H3. The number of hydrogen-bond donors (Lipinski definition) is 0. The van der Waals surface area contributed by atoms with Gasteiger partial charge in [-0.2, -0.15) is 0 Å². The fourth-order valence-corrected chi connectivity index (χ4v) is 8.49. The van der Waals surface area contributed by atoms with Crippen LogP contribution in [0.3, 0.4) is 0 Å². The normalized spacial score (nSPS) is 14.2. The Bertz CT molecular complexity index is 2620. The van der Waals surface area contributed by atoms with E-state index in [9.17, 15) is 0 Å². The molecule has 2 aliphatic carbocycles. The molecule has 0 fully saturated rings. The lowest BCUT2D eigenvalue weighted by Gasteiger charge is -2.20. The highest BCUT2D eigenvalue weighted by Crippen LogP contribution is 2.52. The van der Waals surface area contributed by atoms with Crippen LogP contribution in [0.2, 0.25) is 0 Å². The SMILES string of the molecule is Cc1ccc2cc(-c3ccc4c(c3)-c3ccccc3C4c3ccccc3-c3ccc4c(c3)-c3cccnc3C4)c3ccc(C)cc3c2c1. The van der Waals surface area contributed by atoms with Crippen molar-refractivity contribution in [3.8, 4) is 44.5 Å². The first kappa shape index (κ1) is 27.3. The van der Waals surface area contributed by atoms with E-state index in [2.05, 4.69) is 158 Å². The van der Waals surface area contributed by atoms with Crippen molar-refractivity contribution in [2.45, 2.75) is 26.2 Å². The zero-order chi connectivity index (χ0) is 31.9. The van der Waals surface area contributed by atoms with Gasteiger partial charge in [-0.05, 0) is 121 Å². The highest BCUT2D eigenvalue weighted by Gasteiger charge is 2.32. The lowest BCUT2D eigenvalue weighted by atomic mass is 9.83. The Morgan fingerprint density at radius 3 is 2.00 bits per heavy atom. The molecule has 0 N–H and O–H groups in total. The van der Waals surface area contributed by atoms with Crippen LogP contribution in [0.4, 0.5) is 0 Å². The molecule has 1 unspecified atom stereocenters. The lowest BCUT2D eigenvalue weighted by molar-refractivity contribution is 1.02. The van der Waals surface area contributed by atoms with E-state index in [0.717, 1.165) is 6.42 Å². The molecule has 0 bridgehead atoms. The number of fused-ring (bicyclic) bond motifs is 9. The summed E-state index contributed by atoms with van der Waals surface area (Å²) < 4.78 is 0. The molecular formula is C47H33N. The van der Waals surface area contributed by atoms with Crippen molar-refractivity contribution in [1.82, 2.24) is 4.98 Å². The quantitative estimate of drug-likeness (QED) is 0.181. The number of rotatable bonds is 3. The molecule has 1 heteroatoms. The van der Waals surface area contributed by atoms with Gasteiger partial charge in [-0.3, -0.25) is 4.98 Å². The van der Waals surface area contributed by atoms with E-state index >= 15 is 0 Å². The summed E-state index contributed by atoms with van der Waals surface area (Å²) in [4.78, 5) is 4.67. The molecule has 1 heterocycles. The molecule has 226 valence electrons. The zero-order valence-electron chi connectivity index (χ0n) is 27.1. The monoisotopic (exact) mass is 611 g/mol. The third kappa shape index (κ3) is 4.07. The molecule has 1 aromatic heterocycles. The van der Waals surface area contributed by atoms with Gasteiger partial charge in [-0.1, -0.05) is 126 Å². The first-order valence-electron chi connectivity index (χ1n) is 16.9. The van der Waals surface area contributed by atoms with Crippen LogP contribution >= 0.6 is 0 Å². The molecule has 0 saturated carbocycles. The molecule has 8 aromatic rings. The van der Waals surface area contributed by atoms with E-state index in [-0.39, 0.29) is 5.92 Å². The second-order valence-corrected chi connectivity index (χ2v) is 13.7. The smallest absolute Gasteiger partial charge is 0.0525 e. The minimum absolute atomic E-state index is 0.155. The van der Waals surface area contributed by atoms with Crippen molar-refractivity contribution < 1.29 is 0 Å². The highest BCUT2D eigenvalue weighted by molar-refractivity contribution is 6.14. The lowest BCUT2D eigenvalue weighted by Crippen LogP contribution is -2.02. The Morgan fingerprint density at radius 2 is 1.12 bits per heavy atom. The first-order valence-corrected chi connectivity index (χ1v) is 16.9. The summed E-state index contributed by atoms with van der Waals surface area (Å²) in [5.74, 6) is 0.155. The van der Waals surface area contributed by atoms with E-state index in [0.29, 0.717) is 0 Å². The number of pyridine rings is 1. The maximum absolute atomic E-state index is 4.67. The van der Waals surface area contributed by atoms with Crippen LogP contribution < -0.4 is 0 Å². The van der Waals surface area contributed by atoms with Crippen LogP contribution in [0.25, 0.3) is 66.1 Å².